The normalized spacial score (nSPS) is 12.9. The van der Waals surface area contributed by atoms with Gasteiger partial charge in [-0.2, -0.15) is 0 Å². The Bertz CT molecular complexity index is 347. The molecule has 0 radical (unpaired) electrons. The summed E-state index contributed by atoms with van der Waals surface area (Å²) in [5, 5.41) is 3.72. The summed E-state index contributed by atoms with van der Waals surface area (Å²) >= 11 is 3.56. The topological polar surface area (TPSA) is 12.0 Å². The first-order valence-corrected chi connectivity index (χ1v) is 8.46. The summed E-state index contributed by atoms with van der Waals surface area (Å²) in [6, 6.07) is 9.32. The zero-order valence-electron chi connectivity index (χ0n) is 12.6. The third-order valence-electron chi connectivity index (χ3n) is 3.83. The smallest absolute Gasteiger partial charge is 0.0178 e. The fraction of sp³-hybridized carbons (Fsp3) is 0.647. The van der Waals surface area contributed by atoms with E-state index in [4.69, 9.17) is 0 Å². The van der Waals surface area contributed by atoms with E-state index in [1.165, 1.54) is 35.7 Å². The fourth-order valence-corrected chi connectivity index (χ4v) is 3.01. The lowest BCUT2D eigenvalue weighted by Gasteiger charge is -2.23. The van der Waals surface area contributed by atoms with Gasteiger partial charge < -0.3 is 5.32 Å². The van der Waals surface area contributed by atoms with Gasteiger partial charge in [-0.05, 0) is 49.4 Å². The van der Waals surface area contributed by atoms with Crippen molar-refractivity contribution in [2.45, 2.75) is 58.9 Å². The summed E-state index contributed by atoms with van der Waals surface area (Å²) in [7, 11) is 0. The van der Waals surface area contributed by atoms with Gasteiger partial charge in [0.15, 0.2) is 0 Å². The SMILES string of the molecule is CCCNC(Cc1cccc(Br)c1)CC(CC)CC. The highest BCUT2D eigenvalue weighted by Gasteiger charge is 2.14. The van der Waals surface area contributed by atoms with Gasteiger partial charge in [0.2, 0.25) is 0 Å². The number of benzene rings is 1. The van der Waals surface area contributed by atoms with Crippen molar-refractivity contribution >= 4 is 15.9 Å². The van der Waals surface area contributed by atoms with Crippen LogP contribution < -0.4 is 5.32 Å². The highest BCUT2D eigenvalue weighted by molar-refractivity contribution is 9.10. The fourth-order valence-electron chi connectivity index (χ4n) is 2.56. The van der Waals surface area contributed by atoms with E-state index in [0.29, 0.717) is 6.04 Å². The highest BCUT2D eigenvalue weighted by Crippen LogP contribution is 2.19. The molecule has 0 aliphatic heterocycles. The van der Waals surface area contributed by atoms with Crippen LogP contribution in [0.25, 0.3) is 0 Å². The van der Waals surface area contributed by atoms with Crippen LogP contribution in [0.3, 0.4) is 0 Å². The van der Waals surface area contributed by atoms with Gasteiger partial charge in [-0.1, -0.05) is 61.7 Å². The summed E-state index contributed by atoms with van der Waals surface area (Å²) in [6.45, 7) is 7.98. The van der Waals surface area contributed by atoms with E-state index in [1.54, 1.807) is 0 Å². The summed E-state index contributed by atoms with van der Waals surface area (Å²) in [6.07, 6.45) is 6.21. The van der Waals surface area contributed by atoms with Crippen molar-refractivity contribution in [1.29, 1.82) is 0 Å². The molecule has 1 aromatic rings. The molecule has 1 rings (SSSR count). The van der Waals surface area contributed by atoms with Crippen molar-refractivity contribution in [3.05, 3.63) is 34.3 Å². The Kier molecular flexibility index (Phi) is 8.40. The zero-order chi connectivity index (χ0) is 14.1. The van der Waals surface area contributed by atoms with Crippen molar-refractivity contribution in [2.24, 2.45) is 5.92 Å². The summed E-state index contributed by atoms with van der Waals surface area (Å²) < 4.78 is 1.18. The Morgan fingerprint density at radius 1 is 1.16 bits per heavy atom. The van der Waals surface area contributed by atoms with Gasteiger partial charge in [0.25, 0.3) is 0 Å². The van der Waals surface area contributed by atoms with Crippen LogP contribution in [0.4, 0.5) is 0 Å². The van der Waals surface area contributed by atoms with Crippen LogP contribution in [0, 0.1) is 5.92 Å². The molecule has 108 valence electrons. The quantitative estimate of drug-likeness (QED) is 0.659. The van der Waals surface area contributed by atoms with Crippen molar-refractivity contribution in [2.75, 3.05) is 6.54 Å². The first kappa shape index (κ1) is 16.7. The van der Waals surface area contributed by atoms with E-state index < -0.39 is 0 Å². The number of hydrogen-bond acceptors (Lipinski definition) is 1. The average Bonchev–Trinajstić information content (AvgIpc) is 2.41. The van der Waals surface area contributed by atoms with Crippen LogP contribution in [0.5, 0.6) is 0 Å². The van der Waals surface area contributed by atoms with Crippen molar-refractivity contribution in [3.63, 3.8) is 0 Å². The molecule has 0 spiro atoms. The van der Waals surface area contributed by atoms with Gasteiger partial charge in [-0.15, -0.1) is 0 Å². The van der Waals surface area contributed by atoms with Crippen LogP contribution >= 0.6 is 15.9 Å². The molecule has 19 heavy (non-hydrogen) atoms. The molecule has 1 nitrogen and oxygen atoms in total. The van der Waals surface area contributed by atoms with Gasteiger partial charge in [-0.25, -0.2) is 0 Å². The number of halogens is 1. The number of hydrogen-bond donors (Lipinski definition) is 1. The molecule has 0 heterocycles. The first-order valence-electron chi connectivity index (χ1n) is 7.67. The van der Waals surface area contributed by atoms with Crippen LogP contribution in [0.1, 0.15) is 52.0 Å². The monoisotopic (exact) mass is 325 g/mol. The van der Waals surface area contributed by atoms with Crippen molar-refractivity contribution in [3.8, 4) is 0 Å². The Hall–Kier alpha value is -0.340. The van der Waals surface area contributed by atoms with Gasteiger partial charge in [0.1, 0.15) is 0 Å². The zero-order valence-corrected chi connectivity index (χ0v) is 14.2. The molecule has 0 aromatic heterocycles. The largest absolute Gasteiger partial charge is 0.314 e. The molecular weight excluding hydrogens is 298 g/mol. The average molecular weight is 326 g/mol. The minimum Gasteiger partial charge on any atom is -0.314 e. The van der Waals surface area contributed by atoms with Gasteiger partial charge >= 0.3 is 0 Å². The molecule has 0 saturated heterocycles. The summed E-state index contributed by atoms with van der Waals surface area (Å²) in [4.78, 5) is 0. The minimum absolute atomic E-state index is 0.610. The van der Waals surface area contributed by atoms with Gasteiger partial charge in [-0.3, -0.25) is 0 Å². The van der Waals surface area contributed by atoms with E-state index in [2.05, 4.69) is 66.3 Å². The predicted molar refractivity (Wildman–Crippen MR) is 88.6 cm³/mol. The maximum absolute atomic E-state index is 3.72. The predicted octanol–water partition coefficient (Wildman–Crippen LogP) is 5.19. The van der Waals surface area contributed by atoms with Crippen molar-refractivity contribution in [1.82, 2.24) is 5.32 Å². The first-order chi connectivity index (χ1) is 9.19. The lowest BCUT2D eigenvalue weighted by molar-refractivity contribution is 0.363. The second-order valence-corrected chi connectivity index (χ2v) is 6.32. The maximum Gasteiger partial charge on any atom is 0.0178 e. The molecule has 0 saturated carbocycles. The second-order valence-electron chi connectivity index (χ2n) is 5.40. The summed E-state index contributed by atoms with van der Waals surface area (Å²) in [5.74, 6) is 0.849. The number of nitrogens with one attached hydrogen (secondary N) is 1. The lowest BCUT2D eigenvalue weighted by Crippen LogP contribution is -2.33. The van der Waals surface area contributed by atoms with Crippen LogP contribution in [-0.2, 0) is 6.42 Å². The van der Waals surface area contributed by atoms with Crippen LogP contribution in [0.2, 0.25) is 0 Å². The summed E-state index contributed by atoms with van der Waals surface area (Å²) in [5.41, 5.74) is 1.42. The Morgan fingerprint density at radius 2 is 1.89 bits per heavy atom. The molecule has 0 aliphatic carbocycles. The molecule has 0 aliphatic rings. The number of rotatable bonds is 9. The third-order valence-corrected chi connectivity index (χ3v) is 4.32. The van der Waals surface area contributed by atoms with E-state index in [9.17, 15) is 0 Å². The lowest BCUT2D eigenvalue weighted by atomic mass is 9.91. The van der Waals surface area contributed by atoms with E-state index >= 15 is 0 Å². The van der Waals surface area contributed by atoms with E-state index in [0.717, 1.165) is 18.9 Å². The molecule has 0 amide bonds. The second kappa shape index (κ2) is 9.55. The molecule has 1 N–H and O–H groups in total. The molecule has 0 bridgehead atoms. The van der Waals surface area contributed by atoms with Crippen LogP contribution in [-0.4, -0.2) is 12.6 Å². The van der Waals surface area contributed by atoms with Crippen molar-refractivity contribution < 1.29 is 0 Å². The molecule has 1 aromatic carbocycles. The van der Waals surface area contributed by atoms with Crippen LogP contribution in [0.15, 0.2) is 28.7 Å². The Balaban J connectivity index is 2.62. The molecule has 2 heteroatoms. The maximum atomic E-state index is 3.72. The molecule has 0 fully saturated rings. The third kappa shape index (κ3) is 6.58. The van der Waals surface area contributed by atoms with Gasteiger partial charge in [0.05, 0.1) is 0 Å². The molecular formula is C17H28BrN. The van der Waals surface area contributed by atoms with Gasteiger partial charge in [0, 0.05) is 10.5 Å². The molecule has 1 atom stereocenters. The standard InChI is InChI=1S/C17H28BrN/c1-4-10-19-17(12-14(5-2)6-3)13-15-8-7-9-16(18)11-15/h7-9,11,14,17,19H,4-6,10,12-13H2,1-3H3. The Labute approximate surface area is 127 Å². The van der Waals surface area contributed by atoms with E-state index in [-0.39, 0.29) is 0 Å². The molecule has 1 unspecified atom stereocenters. The van der Waals surface area contributed by atoms with E-state index in [1.807, 2.05) is 0 Å². The minimum atomic E-state index is 0.610. The highest BCUT2D eigenvalue weighted by atomic mass is 79.9. The Morgan fingerprint density at radius 3 is 2.47 bits per heavy atom.